The molecule has 11 heteroatoms. The van der Waals surface area contributed by atoms with Gasteiger partial charge in [0.15, 0.2) is 17.1 Å². The first-order valence-electron chi connectivity index (χ1n) is 10.3. The first-order chi connectivity index (χ1) is 15.3. The molecule has 0 bridgehead atoms. The molecule has 8 nitrogen and oxygen atoms in total. The van der Waals surface area contributed by atoms with Crippen LogP contribution in [0.25, 0.3) is 5.65 Å². The Hall–Kier alpha value is -3.08. The Morgan fingerprint density at radius 3 is 2.56 bits per heavy atom. The van der Waals surface area contributed by atoms with E-state index in [1.165, 1.54) is 0 Å². The van der Waals surface area contributed by atoms with Crippen LogP contribution >= 0.6 is 0 Å². The number of nitrogens with zero attached hydrogens (tertiary/aromatic N) is 4. The van der Waals surface area contributed by atoms with Gasteiger partial charge in [-0.1, -0.05) is 6.07 Å². The minimum Gasteiger partial charge on any atom is -0.454 e. The molecule has 32 heavy (non-hydrogen) atoms. The summed E-state index contributed by atoms with van der Waals surface area (Å²) < 4.78 is 57.4. The van der Waals surface area contributed by atoms with Crippen LogP contribution in [0.2, 0.25) is 0 Å². The number of alkyl halides is 3. The monoisotopic (exact) mass is 449 g/mol. The average molecular weight is 449 g/mol. The van der Waals surface area contributed by atoms with Crippen molar-refractivity contribution in [2.75, 3.05) is 31.9 Å². The van der Waals surface area contributed by atoms with E-state index in [1.807, 2.05) is 25.1 Å². The first-order valence-corrected chi connectivity index (χ1v) is 10.3. The van der Waals surface area contributed by atoms with E-state index in [9.17, 15) is 13.2 Å². The molecule has 0 amide bonds. The Bertz CT molecular complexity index is 1170. The third kappa shape index (κ3) is 3.40. The van der Waals surface area contributed by atoms with Crippen molar-refractivity contribution in [3.05, 3.63) is 40.7 Å². The summed E-state index contributed by atoms with van der Waals surface area (Å²) in [6, 6.07) is 5.88. The van der Waals surface area contributed by atoms with Crippen molar-refractivity contribution in [1.29, 1.82) is 0 Å². The van der Waals surface area contributed by atoms with Crippen LogP contribution in [0.4, 0.5) is 19.0 Å². The fraction of sp³-hybridized carbons (Fsp3) is 0.476. The average Bonchev–Trinajstić information content (AvgIpc) is 3.42. The largest absolute Gasteiger partial charge is 0.454 e. The smallest absolute Gasteiger partial charge is 0.453 e. The highest BCUT2D eigenvalue weighted by Gasteiger charge is 2.39. The van der Waals surface area contributed by atoms with Gasteiger partial charge in [-0.05, 0) is 49.9 Å². The molecule has 2 aliphatic rings. The minimum absolute atomic E-state index is 0.0944. The minimum atomic E-state index is -4.65. The molecule has 1 aromatic carbocycles. The van der Waals surface area contributed by atoms with Crippen LogP contribution in [0.5, 0.6) is 11.5 Å². The Labute approximate surface area is 181 Å². The normalized spacial score (nSPS) is 17.7. The third-order valence-corrected chi connectivity index (χ3v) is 6.38. The van der Waals surface area contributed by atoms with Crippen molar-refractivity contribution in [3.8, 4) is 11.5 Å². The highest BCUT2D eigenvalue weighted by Crippen LogP contribution is 2.41. The summed E-state index contributed by atoms with van der Waals surface area (Å²) in [5.41, 5.74) is 2.18. The second-order valence-corrected chi connectivity index (χ2v) is 8.17. The lowest BCUT2D eigenvalue weighted by Crippen LogP contribution is -2.40. The predicted molar refractivity (Wildman–Crippen MR) is 108 cm³/mol. The maximum atomic E-state index is 13.4. The summed E-state index contributed by atoms with van der Waals surface area (Å²) in [5, 5.41) is 14.5. The Balaban J connectivity index is 1.50. The zero-order valence-corrected chi connectivity index (χ0v) is 17.6. The van der Waals surface area contributed by atoms with Crippen LogP contribution in [0, 0.1) is 13.8 Å². The van der Waals surface area contributed by atoms with Crippen LogP contribution in [0.15, 0.2) is 18.2 Å². The number of aromatic nitrogens is 4. The lowest BCUT2D eigenvalue weighted by molar-refractivity contribution is -0.146. The molecule has 4 heterocycles. The Kier molecular flexibility index (Phi) is 4.88. The topological polar surface area (TPSA) is 82.8 Å². The number of halogens is 3. The van der Waals surface area contributed by atoms with Gasteiger partial charge in [0, 0.05) is 30.7 Å². The maximum Gasteiger partial charge on any atom is 0.453 e. The van der Waals surface area contributed by atoms with Crippen molar-refractivity contribution in [2.45, 2.75) is 38.3 Å². The van der Waals surface area contributed by atoms with E-state index >= 15 is 0 Å². The van der Waals surface area contributed by atoms with Crippen LogP contribution < -0.4 is 14.8 Å². The second kappa shape index (κ2) is 7.51. The highest BCUT2D eigenvalue weighted by atomic mass is 19.4. The van der Waals surface area contributed by atoms with Gasteiger partial charge in [0.2, 0.25) is 6.79 Å². The molecular formula is C21H22F3N5O3. The lowest BCUT2D eigenvalue weighted by atomic mass is 9.74. The van der Waals surface area contributed by atoms with Crippen LogP contribution in [-0.2, 0) is 16.3 Å². The van der Waals surface area contributed by atoms with Gasteiger partial charge >= 0.3 is 6.18 Å². The molecule has 0 aliphatic carbocycles. The molecule has 2 aromatic heterocycles. The summed E-state index contributed by atoms with van der Waals surface area (Å²) in [5.74, 6) is 0.621. The SMILES string of the molecule is Cc1c(NCC2(c3ccc4c(c3)OCO4)CCOCC2)nn2c(C(F)(F)F)nnc2c1C. The van der Waals surface area contributed by atoms with E-state index in [4.69, 9.17) is 14.2 Å². The van der Waals surface area contributed by atoms with Crippen LogP contribution in [0.1, 0.15) is 35.4 Å². The quantitative estimate of drug-likeness (QED) is 0.651. The number of hydrogen-bond donors (Lipinski definition) is 1. The summed E-state index contributed by atoms with van der Waals surface area (Å²) >= 11 is 0. The number of fused-ring (bicyclic) bond motifs is 2. The van der Waals surface area contributed by atoms with Gasteiger partial charge in [-0.25, -0.2) is 0 Å². The van der Waals surface area contributed by atoms with E-state index in [0.29, 0.717) is 42.6 Å². The van der Waals surface area contributed by atoms with Gasteiger partial charge in [-0.15, -0.1) is 15.3 Å². The van der Waals surface area contributed by atoms with E-state index in [1.54, 1.807) is 6.92 Å². The van der Waals surface area contributed by atoms with Crippen molar-refractivity contribution < 1.29 is 27.4 Å². The van der Waals surface area contributed by atoms with Gasteiger partial charge in [0.05, 0.1) is 0 Å². The molecule has 0 spiro atoms. The summed E-state index contributed by atoms with van der Waals surface area (Å²) in [6.45, 7) is 5.36. The van der Waals surface area contributed by atoms with E-state index < -0.39 is 12.0 Å². The number of benzene rings is 1. The van der Waals surface area contributed by atoms with Gasteiger partial charge in [-0.2, -0.15) is 17.7 Å². The fourth-order valence-corrected chi connectivity index (χ4v) is 4.28. The molecular weight excluding hydrogens is 427 g/mol. The number of anilines is 1. The highest BCUT2D eigenvalue weighted by molar-refractivity contribution is 5.58. The molecule has 0 atom stereocenters. The van der Waals surface area contributed by atoms with E-state index in [2.05, 4.69) is 20.6 Å². The van der Waals surface area contributed by atoms with Crippen molar-refractivity contribution in [1.82, 2.24) is 19.8 Å². The van der Waals surface area contributed by atoms with Gasteiger partial charge in [0.1, 0.15) is 5.82 Å². The number of hydrogen-bond acceptors (Lipinski definition) is 7. The van der Waals surface area contributed by atoms with Gasteiger partial charge in [0.25, 0.3) is 5.82 Å². The van der Waals surface area contributed by atoms with Gasteiger partial charge < -0.3 is 19.5 Å². The molecule has 0 radical (unpaired) electrons. The van der Waals surface area contributed by atoms with Gasteiger partial charge in [-0.3, -0.25) is 0 Å². The number of ether oxygens (including phenoxy) is 3. The summed E-state index contributed by atoms with van der Waals surface area (Å²) in [7, 11) is 0. The van der Waals surface area contributed by atoms with Crippen molar-refractivity contribution >= 4 is 11.5 Å². The molecule has 0 saturated carbocycles. The third-order valence-electron chi connectivity index (χ3n) is 6.38. The number of rotatable bonds is 4. The van der Waals surface area contributed by atoms with E-state index in [-0.39, 0.29) is 17.9 Å². The van der Waals surface area contributed by atoms with Crippen LogP contribution in [-0.4, -0.2) is 46.4 Å². The fourth-order valence-electron chi connectivity index (χ4n) is 4.28. The van der Waals surface area contributed by atoms with Crippen LogP contribution in [0.3, 0.4) is 0 Å². The first kappa shape index (κ1) is 20.8. The molecule has 1 fully saturated rings. The number of aryl methyl sites for hydroxylation is 1. The Morgan fingerprint density at radius 2 is 1.81 bits per heavy atom. The molecule has 3 aromatic rings. The molecule has 5 rings (SSSR count). The van der Waals surface area contributed by atoms with Crippen molar-refractivity contribution in [3.63, 3.8) is 0 Å². The maximum absolute atomic E-state index is 13.4. The molecule has 0 unspecified atom stereocenters. The van der Waals surface area contributed by atoms with E-state index in [0.717, 1.165) is 28.5 Å². The second-order valence-electron chi connectivity index (χ2n) is 8.17. The Morgan fingerprint density at radius 1 is 1.06 bits per heavy atom. The zero-order valence-electron chi connectivity index (χ0n) is 17.6. The molecule has 1 saturated heterocycles. The summed E-state index contributed by atoms with van der Waals surface area (Å²) in [4.78, 5) is 0. The molecule has 1 N–H and O–H groups in total. The van der Waals surface area contributed by atoms with Crippen molar-refractivity contribution in [2.24, 2.45) is 0 Å². The standard InChI is InChI=1S/C21H22F3N5O3/c1-12-13(2)18-26-27-19(21(22,23)24)29(18)28-17(12)25-10-20(5-7-30-8-6-20)14-3-4-15-16(9-14)32-11-31-15/h3-4,9H,5-8,10-11H2,1-2H3,(H,25,28). The molecule has 2 aliphatic heterocycles. The predicted octanol–water partition coefficient (Wildman–Crippen LogP) is 3.65. The number of nitrogens with one attached hydrogen (secondary N) is 1. The molecule has 170 valence electrons. The summed E-state index contributed by atoms with van der Waals surface area (Å²) in [6.07, 6.45) is -3.15. The zero-order chi connectivity index (χ0) is 22.5. The lowest BCUT2D eigenvalue weighted by Gasteiger charge is -2.38.